The average Bonchev–Trinajstić information content (AvgIpc) is 3.14. The van der Waals surface area contributed by atoms with Crippen LogP contribution in [-0.4, -0.2) is 36.1 Å². The Balaban J connectivity index is 1.45. The number of unbranched alkanes of at least 4 members (excludes halogenated alkanes) is 1. The Morgan fingerprint density at radius 3 is 2.63 bits per heavy atom. The van der Waals surface area contributed by atoms with Crippen molar-refractivity contribution in [2.75, 3.05) is 31.5 Å². The molecule has 0 aromatic carbocycles. The zero-order valence-electron chi connectivity index (χ0n) is 17.0. The molecular formula is C22H36N4O. The van der Waals surface area contributed by atoms with E-state index in [1.54, 1.807) is 0 Å². The van der Waals surface area contributed by atoms with Crippen LogP contribution in [0.25, 0.3) is 0 Å². The van der Waals surface area contributed by atoms with Gasteiger partial charge in [0.2, 0.25) is 17.5 Å². The molecule has 0 spiro atoms. The van der Waals surface area contributed by atoms with Crippen LogP contribution in [0.15, 0.2) is 4.42 Å². The van der Waals surface area contributed by atoms with E-state index in [1.807, 2.05) is 0 Å². The molecule has 1 aromatic rings. The second-order valence-corrected chi connectivity index (χ2v) is 8.38. The number of anilines is 1. The highest BCUT2D eigenvalue weighted by Crippen LogP contribution is 2.38. The number of nitrogens with zero attached hydrogens (tertiary/aromatic N) is 3. The Hall–Kier alpha value is -1.54. The van der Waals surface area contributed by atoms with Gasteiger partial charge in [0.1, 0.15) is 6.07 Å². The Bertz CT molecular complexity index is 592. The fourth-order valence-corrected chi connectivity index (χ4v) is 4.59. The summed E-state index contributed by atoms with van der Waals surface area (Å²) < 4.78 is 6.00. The van der Waals surface area contributed by atoms with E-state index in [-0.39, 0.29) is 0 Å². The van der Waals surface area contributed by atoms with Gasteiger partial charge in [-0.15, -0.1) is 0 Å². The molecule has 2 heterocycles. The molecule has 27 heavy (non-hydrogen) atoms. The maximum absolute atomic E-state index is 9.41. The monoisotopic (exact) mass is 372 g/mol. The topological polar surface area (TPSA) is 65.1 Å². The summed E-state index contributed by atoms with van der Waals surface area (Å²) in [5, 5.41) is 12.7. The number of nitriles is 1. The standard InChI is InChI=1S/C22H36N4O/c1-2-3-8-18-9-11-19(12-10-18)21-25-20(17-23)22(27-21)24-13-7-16-26-14-5-4-6-15-26/h18-19,24H,2-16H2,1H3. The third-order valence-electron chi connectivity index (χ3n) is 6.30. The van der Waals surface area contributed by atoms with Gasteiger partial charge in [0.05, 0.1) is 0 Å². The molecule has 2 aliphatic rings. The fourth-order valence-electron chi connectivity index (χ4n) is 4.59. The predicted molar refractivity (Wildman–Crippen MR) is 109 cm³/mol. The Morgan fingerprint density at radius 2 is 1.93 bits per heavy atom. The minimum Gasteiger partial charge on any atom is -0.424 e. The van der Waals surface area contributed by atoms with Crippen LogP contribution >= 0.6 is 0 Å². The van der Waals surface area contributed by atoms with Gasteiger partial charge in [-0.3, -0.25) is 0 Å². The van der Waals surface area contributed by atoms with Gasteiger partial charge in [-0.05, 0) is 70.5 Å². The van der Waals surface area contributed by atoms with Gasteiger partial charge in [0, 0.05) is 12.5 Å². The molecule has 1 aliphatic carbocycles. The van der Waals surface area contributed by atoms with Crippen molar-refractivity contribution in [3.05, 3.63) is 11.6 Å². The van der Waals surface area contributed by atoms with E-state index in [4.69, 9.17) is 4.42 Å². The molecule has 0 amide bonds. The van der Waals surface area contributed by atoms with E-state index >= 15 is 0 Å². The maximum Gasteiger partial charge on any atom is 0.232 e. The first-order valence-corrected chi connectivity index (χ1v) is 11.2. The van der Waals surface area contributed by atoms with Crippen molar-refractivity contribution >= 4 is 5.88 Å². The molecular weight excluding hydrogens is 336 g/mol. The largest absolute Gasteiger partial charge is 0.424 e. The van der Waals surface area contributed by atoms with Crippen molar-refractivity contribution in [1.29, 1.82) is 5.26 Å². The number of nitrogens with one attached hydrogen (secondary N) is 1. The maximum atomic E-state index is 9.41. The van der Waals surface area contributed by atoms with Crippen molar-refractivity contribution in [2.45, 2.75) is 83.5 Å². The molecule has 150 valence electrons. The van der Waals surface area contributed by atoms with Crippen LogP contribution in [-0.2, 0) is 0 Å². The molecule has 1 aliphatic heterocycles. The van der Waals surface area contributed by atoms with E-state index in [0.717, 1.165) is 44.2 Å². The summed E-state index contributed by atoms with van der Waals surface area (Å²) in [6.45, 7) is 6.69. The molecule has 0 atom stereocenters. The molecule has 0 unspecified atom stereocenters. The summed E-state index contributed by atoms with van der Waals surface area (Å²) in [5.41, 5.74) is 0.427. The van der Waals surface area contributed by atoms with Crippen LogP contribution < -0.4 is 5.32 Å². The Morgan fingerprint density at radius 1 is 1.15 bits per heavy atom. The second kappa shape index (κ2) is 10.7. The van der Waals surface area contributed by atoms with E-state index in [1.165, 1.54) is 64.5 Å². The Labute approximate surface area is 164 Å². The van der Waals surface area contributed by atoms with Crippen molar-refractivity contribution in [1.82, 2.24) is 9.88 Å². The lowest BCUT2D eigenvalue weighted by molar-refractivity contribution is 0.228. The van der Waals surface area contributed by atoms with Crippen LogP contribution in [0.1, 0.15) is 95.1 Å². The quantitative estimate of drug-likeness (QED) is 0.596. The van der Waals surface area contributed by atoms with Crippen molar-refractivity contribution in [2.24, 2.45) is 5.92 Å². The van der Waals surface area contributed by atoms with Crippen LogP contribution in [0, 0.1) is 17.2 Å². The lowest BCUT2D eigenvalue weighted by Crippen LogP contribution is -2.31. The molecule has 3 rings (SSSR count). The second-order valence-electron chi connectivity index (χ2n) is 8.38. The molecule has 1 N–H and O–H groups in total. The van der Waals surface area contributed by atoms with Gasteiger partial charge in [0.25, 0.3) is 0 Å². The van der Waals surface area contributed by atoms with Gasteiger partial charge >= 0.3 is 0 Å². The zero-order chi connectivity index (χ0) is 18.9. The molecule has 0 bridgehead atoms. The summed E-state index contributed by atoms with van der Waals surface area (Å²) in [7, 11) is 0. The molecule has 1 saturated carbocycles. The summed E-state index contributed by atoms with van der Waals surface area (Å²) in [5.74, 6) is 2.62. The number of hydrogen-bond donors (Lipinski definition) is 1. The molecule has 0 radical (unpaired) electrons. The van der Waals surface area contributed by atoms with E-state index in [0.29, 0.717) is 17.5 Å². The third kappa shape index (κ3) is 5.97. The minimum atomic E-state index is 0.388. The van der Waals surface area contributed by atoms with Crippen LogP contribution in [0.3, 0.4) is 0 Å². The SMILES string of the molecule is CCCCC1CCC(c2nc(C#N)c(NCCCN3CCCCC3)o2)CC1. The first-order valence-electron chi connectivity index (χ1n) is 11.2. The normalized spacial score (nSPS) is 23.9. The van der Waals surface area contributed by atoms with Crippen molar-refractivity contribution in [3.63, 3.8) is 0 Å². The van der Waals surface area contributed by atoms with Gasteiger partial charge in [-0.25, -0.2) is 4.98 Å². The predicted octanol–water partition coefficient (Wildman–Crippen LogP) is 5.30. The van der Waals surface area contributed by atoms with E-state index in [2.05, 4.69) is 28.2 Å². The number of likely N-dealkylation sites (tertiary alicyclic amines) is 1. The zero-order valence-corrected chi connectivity index (χ0v) is 17.0. The average molecular weight is 373 g/mol. The molecule has 2 fully saturated rings. The van der Waals surface area contributed by atoms with E-state index in [9.17, 15) is 5.26 Å². The summed E-state index contributed by atoms with van der Waals surface area (Å²) in [6.07, 6.45) is 13.9. The summed E-state index contributed by atoms with van der Waals surface area (Å²) in [4.78, 5) is 7.05. The highest BCUT2D eigenvalue weighted by atomic mass is 16.4. The number of hydrogen-bond acceptors (Lipinski definition) is 5. The molecule has 5 nitrogen and oxygen atoms in total. The highest BCUT2D eigenvalue weighted by molar-refractivity contribution is 5.45. The summed E-state index contributed by atoms with van der Waals surface area (Å²) >= 11 is 0. The van der Waals surface area contributed by atoms with E-state index < -0.39 is 0 Å². The van der Waals surface area contributed by atoms with Crippen molar-refractivity contribution < 1.29 is 4.42 Å². The van der Waals surface area contributed by atoms with Crippen LogP contribution in [0.2, 0.25) is 0 Å². The first-order chi connectivity index (χ1) is 13.3. The highest BCUT2D eigenvalue weighted by Gasteiger charge is 2.27. The number of oxazole rings is 1. The van der Waals surface area contributed by atoms with Crippen LogP contribution in [0.5, 0.6) is 0 Å². The van der Waals surface area contributed by atoms with Gasteiger partial charge in [-0.2, -0.15) is 5.26 Å². The molecule has 1 saturated heterocycles. The minimum absolute atomic E-state index is 0.388. The Kier molecular flexibility index (Phi) is 8.01. The molecule has 1 aromatic heterocycles. The summed E-state index contributed by atoms with van der Waals surface area (Å²) in [6, 6.07) is 2.20. The van der Waals surface area contributed by atoms with Gasteiger partial charge in [0.15, 0.2) is 0 Å². The third-order valence-corrected chi connectivity index (χ3v) is 6.30. The van der Waals surface area contributed by atoms with Crippen LogP contribution in [0.4, 0.5) is 5.88 Å². The fraction of sp³-hybridized carbons (Fsp3) is 0.818. The molecule has 5 heteroatoms. The number of aromatic nitrogens is 1. The lowest BCUT2D eigenvalue weighted by atomic mass is 9.80. The number of piperidine rings is 1. The first kappa shape index (κ1) is 20.2. The van der Waals surface area contributed by atoms with Gasteiger partial charge < -0.3 is 14.6 Å². The number of rotatable bonds is 9. The smallest absolute Gasteiger partial charge is 0.232 e. The van der Waals surface area contributed by atoms with Crippen molar-refractivity contribution in [3.8, 4) is 6.07 Å². The van der Waals surface area contributed by atoms with Gasteiger partial charge in [-0.1, -0.05) is 32.6 Å². The lowest BCUT2D eigenvalue weighted by Gasteiger charge is -2.26.